The summed E-state index contributed by atoms with van der Waals surface area (Å²) in [5, 5.41) is 0. The number of carbonyl (C=O) groups is 2. The third kappa shape index (κ3) is 4.93. The molecule has 17 heavy (non-hydrogen) atoms. The second-order valence-corrected chi connectivity index (χ2v) is 3.89. The highest BCUT2D eigenvalue weighted by molar-refractivity contribution is 5.97. The largest absolute Gasteiger partial charge is 0.466 e. The molecule has 1 aliphatic carbocycles. The first-order valence-electron chi connectivity index (χ1n) is 5.85. The first kappa shape index (κ1) is 13.6. The van der Waals surface area contributed by atoms with E-state index in [1.807, 2.05) is 0 Å². The summed E-state index contributed by atoms with van der Waals surface area (Å²) < 4.78 is 17.6. The second kappa shape index (κ2) is 6.99. The van der Waals surface area contributed by atoms with E-state index in [0.29, 0.717) is 19.4 Å². The number of carbonyl (C=O) groups excluding carboxylic acids is 2. The molecule has 0 fully saturated rings. The maximum atomic E-state index is 12.8. The van der Waals surface area contributed by atoms with Crippen LogP contribution in [-0.4, -0.2) is 24.5 Å². The molecule has 0 aromatic rings. The first-order valence-corrected chi connectivity index (χ1v) is 5.85. The van der Waals surface area contributed by atoms with Crippen LogP contribution in [0.3, 0.4) is 0 Å². The fourth-order valence-electron chi connectivity index (χ4n) is 1.60. The van der Waals surface area contributed by atoms with E-state index in [9.17, 15) is 14.0 Å². The number of unbranched alkanes of at least 4 members (excludes halogenated alkanes) is 1. The lowest BCUT2D eigenvalue weighted by Crippen LogP contribution is -2.13. The van der Waals surface area contributed by atoms with Crippen molar-refractivity contribution in [2.45, 2.75) is 38.8 Å². The Hall–Kier alpha value is -1.45. The molecule has 0 bridgehead atoms. The van der Waals surface area contributed by atoms with Gasteiger partial charge in [0.25, 0.3) is 0 Å². The summed E-state index contributed by atoms with van der Waals surface area (Å²) in [6.07, 6.45) is 5.35. The van der Waals surface area contributed by atoms with Crippen molar-refractivity contribution in [1.82, 2.24) is 0 Å². The van der Waals surface area contributed by atoms with Crippen LogP contribution in [0.25, 0.3) is 0 Å². The van der Waals surface area contributed by atoms with Gasteiger partial charge in [-0.1, -0.05) is 6.08 Å². The molecule has 1 rings (SSSR count). The van der Waals surface area contributed by atoms with Crippen LogP contribution in [0.2, 0.25) is 0 Å². The van der Waals surface area contributed by atoms with Crippen LogP contribution in [0, 0.1) is 0 Å². The van der Waals surface area contributed by atoms with Crippen molar-refractivity contribution in [2.75, 3.05) is 6.61 Å². The van der Waals surface area contributed by atoms with Crippen LogP contribution in [0.1, 0.15) is 32.6 Å². The number of hydrogen-bond acceptors (Lipinski definition) is 3. The Kier molecular flexibility index (Phi) is 5.60. The van der Waals surface area contributed by atoms with Crippen LogP contribution in [0.15, 0.2) is 23.8 Å². The molecule has 0 saturated carbocycles. The highest BCUT2D eigenvalue weighted by Gasteiger charge is 2.15. The van der Waals surface area contributed by atoms with Crippen LogP contribution in [-0.2, 0) is 14.3 Å². The lowest BCUT2D eigenvalue weighted by molar-refractivity contribution is -0.143. The Morgan fingerprint density at radius 3 is 2.88 bits per heavy atom. The van der Waals surface area contributed by atoms with E-state index in [2.05, 4.69) is 0 Å². The van der Waals surface area contributed by atoms with E-state index in [1.165, 1.54) is 12.2 Å². The third-order valence-electron chi connectivity index (χ3n) is 2.48. The molecule has 0 aliphatic heterocycles. The Morgan fingerprint density at radius 2 is 2.24 bits per heavy atom. The van der Waals surface area contributed by atoms with E-state index in [1.54, 1.807) is 13.0 Å². The quantitative estimate of drug-likeness (QED) is 0.529. The normalized spacial score (nSPS) is 19.1. The van der Waals surface area contributed by atoms with Crippen molar-refractivity contribution < 1.29 is 18.7 Å². The van der Waals surface area contributed by atoms with Crippen LogP contribution < -0.4 is 0 Å². The molecule has 1 aliphatic rings. The number of hydrogen-bond donors (Lipinski definition) is 0. The lowest BCUT2D eigenvalue weighted by atomic mass is 10.00. The second-order valence-electron chi connectivity index (χ2n) is 3.89. The summed E-state index contributed by atoms with van der Waals surface area (Å²) in [6.45, 7) is 2.17. The van der Waals surface area contributed by atoms with E-state index < -0.39 is 12.0 Å². The van der Waals surface area contributed by atoms with Crippen LogP contribution in [0.5, 0.6) is 0 Å². The summed E-state index contributed by atoms with van der Waals surface area (Å²) in [7, 11) is 0. The summed E-state index contributed by atoms with van der Waals surface area (Å²) in [5.41, 5.74) is 0.827. The molecule has 0 radical (unpaired) electrons. The minimum atomic E-state index is -1.49. The van der Waals surface area contributed by atoms with Gasteiger partial charge in [-0.05, 0) is 43.9 Å². The number of ketones is 1. The molecule has 0 spiro atoms. The first-order chi connectivity index (χ1) is 8.13. The fourth-order valence-corrected chi connectivity index (χ4v) is 1.60. The molecule has 0 saturated heterocycles. The number of allylic oxidation sites excluding steroid dienone is 4. The van der Waals surface area contributed by atoms with Gasteiger partial charge in [0.2, 0.25) is 0 Å². The predicted octanol–water partition coefficient (Wildman–Crippen LogP) is 2.51. The van der Waals surface area contributed by atoms with E-state index in [4.69, 9.17) is 4.74 Å². The number of rotatable bonds is 6. The molecule has 0 amide bonds. The van der Waals surface area contributed by atoms with E-state index in [-0.39, 0.29) is 5.97 Å². The van der Waals surface area contributed by atoms with Crippen LogP contribution in [0.4, 0.5) is 4.39 Å². The highest BCUT2D eigenvalue weighted by atomic mass is 19.1. The SMILES string of the molecule is CCOC(=O)CCCCC1=CC(=O)C(F)C=C1. The standard InChI is InChI=1S/C13H17FO3/c1-2-17-13(16)6-4-3-5-10-7-8-11(14)12(15)9-10/h7-9,11H,2-6H2,1H3. The topological polar surface area (TPSA) is 43.4 Å². The summed E-state index contributed by atoms with van der Waals surface area (Å²) in [6, 6.07) is 0. The molecule has 0 heterocycles. The molecule has 0 aromatic carbocycles. The van der Waals surface area contributed by atoms with Gasteiger partial charge in [-0.15, -0.1) is 0 Å². The molecular weight excluding hydrogens is 223 g/mol. The highest BCUT2D eigenvalue weighted by Crippen LogP contribution is 2.16. The number of ether oxygens (including phenoxy) is 1. The van der Waals surface area contributed by atoms with E-state index in [0.717, 1.165) is 18.4 Å². The Morgan fingerprint density at radius 1 is 1.47 bits per heavy atom. The van der Waals surface area contributed by atoms with Gasteiger partial charge in [-0.3, -0.25) is 9.59 Å². The number of esters is 1. The van der Waals surface area contributed by atoms with Gasteiger partial charge < -0.3 is 4.74 Å². The number of halogens is 1. The number of alkyl halides is 1. The van der Waals surface area contributed by atoms with Crippen molar-refractivity contribution in [1.29, 1.82) is 0 Å². The van der Waals surface area contributed by atoms with E-state index >= 15 is 0 Å². The average molecular weight is 240 g/mol. The zero-order chi connectivity index (χ0) is 12.7. The smallest absolute Gasteiger partial charge is 0.305 e. The summed E-state index contributed by atoms with van der Waals surface area (Å²) in [5.74, 6) is -0.687. The predicted molar refractivity (Wildman–Crippen MR) is 62.2 cm³/mol. The molecule has 0 aromatic heterocycles. The lowest BCUT2D eigenvalue weighted by Gasteiger charge is -2.08. The molecule has 0 N–H and O–H groups in total. The zero-order valence-corrected chi connectivity index (χ0v) is 9.95. The Bertz CT molecular complexity index is 345. The van der Waals surface area contributed by atoms with Gasteiger partial charge in [-0.25, -0.2) is 4.39 Å². The van der Waals surface area contributed by atoms with Gasteiger partial charge >= 0.3 is 5.97 Å². The zero-order valence-electron chi connectivity index (χ0n) is 9.95. The van der Waals surface area contributed by atoms with Crippen molar-refractivity contribution in [3.8, 4) is 0 Å². The Labute approximate surface area is 100 Å². The van der Waals surface area contributed by atoms with Crippen molar-refractivity contribution in [2.24, 2.45) is 0 Å². The van der Waals surface area contributed by atoms with Crippen molar-refractivity contribution >= 4 is 11.8 Å². The monoisotopic (exact) mass is 240 g/mol. The molecule has 1 atom stereocenters. The minimum absolute atomic E-state index is 0.194. The average Bonchev–Trinajstić information content (AvgIpc) is 2.29. The van der Waals surface area contributed by atoms with Gasteiger partial charge in [0.05, 0.1) is 6.61 Å². The molecule has 1 unspecified atom stereocenters. The van der Waals surface area contributed by atoms with Gasteiger partial charge in [-0.2, -0.15) is 0 Å². The summed E-state index contributed by atoms with van der Waals surface area (Å²) in [4.78, 5) is 22.1. The van der Waals surface area contributed by atoms with Crippen LogP contribution >= 0.6 is 0 Å². The van der Waals surface area contributed by atoms with Gasteiger partial charge in [0, 0.05) is 6.42 Å². The molecule has 3 nitrogen and oxygen atoms in total. The Balaban J connectivity index is 2.20. The fraction of sp³-hybridized carbons (Fsp3) is 0.538. The van der Waals surface area contributed by atoms with Crippen molar-refractivity contribution in [3.05, 3.63) is 23.8 Å². The van der Waals surface area contributed by atoms with Crippen molar-refractivity contribution in [3.63, 3.8) is 0 Å². The van der Waals surface area contributed by atoms with Gasteiger partial charge in [0.15, 0.2) is 12.0 Å². The minimum Gasteiger partial charge on any atom is -0.466 e. The molecule has 4 heteroatoms. The third-order valence-corrected chi connectivity index (χ3v) is 2.48. The summed E-state index contributed by atoms with van der Waals surface area (Å²) >= 11 is 0. The molecule has 94 valence electrons. The maximum Gasteiger partial charge on any atom is 0.305 e. The maximum absolute atomic E-state index is 12.8. The molecular formula is C13H17FO3. The van der Waals surface area contributed by atoms with Gasteiger partial charge in [0.1, 0.15) is 0 Å².